The lowest BCUT2D eigenvalue weighted by molar-refractivity contribution is -0.138. The van der Waals surface area contributed by atoms with Crippen LogP contribution in [0, 0.1) is 0 Å². The number of allylic oxidation sites excluding steroid dienone is 7. The van der Waals surface area contributed by atoms with E-state index in [0.717, 1.165) is 11.3 Å². The summed E-state index contributed by atoms with van der Waals surface area (Å²) >= 11 is 0. The van der Waals surface area contributed by atoms with Crippen LogP contribution in [0.3, 0.4) is 0 Å². The maximum absolute atomic E-state index is 11.4. The van der Waals surface area contributed by atoms with Crippen molar-refractivity contribution in [3.05, 3.63) is 60.4 Å². The molecule has 0 heterocycles. The molecule has 118 valence electrons. The predicted molar refractivity (Wildman–Crippen MR) is 92.2 cm³/mol. The van der Waals surface area contributed by atoms with Crippen molar-refractivity contribution in [1.82, 2.24) is 5.32 Å². The molecule has 21 heavy (non-hydrogen) atoms. The van der Waals surface area contributed by atoms with Crippen LogP contribution >= 0.6 is 0 Å². The van der Waals surface area contributed by atoms with Gasteiger partial charge in [-0.3, -0.25) is 0 Å². The molecule has 3 heteroatoms. The highest BCUT2D eigenvalue weighted by atomic mass is 16.4. The van der Waals surface area contributed by atoms with Gasteiger partial charge in [-0.05, 0) is 31.9 Å². The second-order valence-corrected chi connectivity index (χ2v) is 3.88. The van der Waals surface area contributed by atoms with E-state index in [9.17, 15) is 9.90 Å². The fourth-order valence-electron chi connectivity index (χ4n) is 1.52. The lowest BCUT2D eigenvalue weighted by atomic mass is 10.0. The standard InChI is InChI=1S/C16H23NO2.C2H6/c1-5-9-11-13(7-3)15(16(18)19)17-14(8-4)12-10-6-2;1-2/h5-6,8-12,15,17H,2,7H2,1,3-4H3,(H,18,19);1-2H3/b9-5-,12-10-,13-11+,14-8+;/t15-;/m1./s1. The molecule has 0 bridgehead atoms. The predicted octanol–water partition coefficient (Wildman–Crippen LogP) is 4.61. The molecule has 3 nitrogen and oxygen atoms in total. The topological polar surface area (TPSA) is 49.3 Å². The van der Waals surface area contributed by atoms with Crippen LogP contribution in [0.1, 0.15) is 41.0 Å². The molecule has 0 aliphatic carbocycles. The lowest BCUT2D eigenvalue weighted by Crippen LogP contribution is -2.37. The summed E-state index contributed by atoms with van der Waals surface area (Å²) in [6, 6.07) is -0.720. The molecule has 0 saturated carbocycles. The first-order valence-electron chi connectivity index (χ1n) is 7.37. The molecule has 0 saturated heterocycles. The minimum atomic E-state index is -0.885. The van der Waals surface area contributed by atoms with Gasteiger partial charge in [-0.15, -0.1) is 0 Å². The molecule has 0 aromatic rings. The summed E-state index contributed by atoms with van der Waals surface area (Å²) in [5.74, 6) is -0.885. The third-order valence-corrected chi connectivity index (χ3v) is 2.56. The van der Waals surface area contributed by atoms with Crippen LogP contribution in [0.15, 0.2) is 60.4 Å². The molecule has 0 amide bonds. The summed E-state index contributed by atoms with van der Waals surface area (Å²) in [4.78, 5) is 11.4. The maximum Gasteiger partial charge on any atom is 0.330 e. The first-order valence-corrected chi connectivity index (χ1v) is 7.37. The number of rotatable bonds is 8. The van der Waals surface area contributed by atoms with Gasteiger partial charge in [0, 0.05) is 5.70 Å². The Morgan fingerprint density at radius 3 is 2.29 bits per heavy atom. The molecule has 2 N–H and O–H groups in total. The SMILES string of the molecule is C=C/C=C\C(=C/C)N[C@@H](C(=O)O)/C(=C/C=C\C)CC.CC. The van der Waals surface area contributed by atoms with Gasteiger partial charge < -0.3 is 10.4 Å². The van der Waals surface area contributed by atoms with E-state index < -0.39 is 12.0 Å². The number of carboxylic acids is 1. The van der Waals surface area contributed by atoms with Gasteiger partial charge in [-0.25, -0.2) is 4.79 Å². The molecule has 0 aromatic carbocycles. The van der Waals surface area contributed by atoms with E-state index >= 15 is 0 Å². The van der Waals surface area contributed by atoms with E-state index in [1.165, 1.54) is 0 Å². The van der Waals surface area contributed by atoms with Crippen LogP contribution in [-0.4, -0.2) is 17.1 Å². The zero-order valence-electron chi connectivity index (χ0n) is 13.9. The maximum atomic E-state index is 11.4. The normalized spacial score (nSPS) is 13.8. The van der Waals surface area contributed by atoms with Gasteiger partial charge in [0.05, 0.1) is 0 Å². The van der Waals surface area contributed by atoms with E-state index in [1.54, 1.807) is 18.2 Å². The van der Waals surface area contributed by atoms with Crippen molar-refractivity contribution in [2.45, 2.75) is 47.1 Å². The summed E-state index contributed by atoms with van der Waals surface area (Å²) in [7, 11) is 0. The quantitative estimate of drug-likeness (QED) is 0.642. The van der Waals surface area contributed by atoms with Gasteiger partial charge in [-0.2, -0.15) is 0 Å². The average Bonchev–Trinajstić information content (AvgIpc) is 2.51. The van der Waals surface area contributed by atoms with Crippen molar-refractivity contribution in [2.75, 3.05) is 0 Å². The van der Waals surface area contributed by atoms with E-state index in [2.05, 4.69) is 11.9 Å². The summed E-state index contributed by atoms with van der Waals surface area (Å²) < 4.78 is 0. The van der Waals surface area contributed by atoms with Crippen molar-refractivity contribution in [3.63, 3.8) is 0 Å². The highest BCUT2D eigenvalue weighted by Gasteiger charge is 2.20. The van der Waals surface area contributed by atoms with Crippen molar-refractivity contribution < 1.29 is 9.90 Å². The fourth-order valence-corrected chi connectivity index (χ4v) is 1.52. The van der Waals surface area contributed by atoms with E-state index in [0.29, 0.717) is 6.42 Å². The molecule has 1 atom stereocenters. The average molecular weight is 291 g/mol. The van der Waals surface area contributed by atoms with E-state index in [-0.39, 0.29) is 0 Å². The van der Waals surface area contributed by atoms with E-state index in [4.69, 9.17) is 0 Å². The third-order valence-electron chi connectivity index (χ3n) is 2.56. The van der Waals surface area contributed by atoms with Crippen LogP contribution in [0.5, 0.6) is 0 Å². The molecule has 0 rings (SSSR count). The molecular formula is C18H29NO2. The lowest BCUT2D eigenvalue weighted by Gasteiger charge is -2.18. The number of carbonyl (C=O) groups is 1. The van der Waals surface area contributed by atoms with Gasteiger partial charge >= 0.3 is 5.97 Å². The third kappa shape index (κ3) is 9.50. The zero-order chi connectivity index (χ0) is 16.7. The number of aliphatic carboxylic acids is 1. The Morgan fingerprint density at radius 1 is 1.29 bits per heavy atom. The summed E-state index contributed by atoms with van der Waals surface area (Å²) in [6.45, 7) is 13.3. The molecule has 0 aliphatic rings. The van der Waals surface area contributed by atoms with Crippen molar-refractivity contribution in [3.8, 4) is 0 Å². The van der Waals surface area contributed by atoms with Gasteiger partial charge in [0.25, 0.3) is 0 Å². The first kappa shape index (κ1) is 21.3. The number of hydrogen-bond acceptors (Lipinski definition) is 2. The van der Waals surface area contributed by atoms with E-state index in [1.807, 2.05) is 58.9 Å². The highest BCUT2D eigenvalue weighted by molar-refractivity contribution is 5.78. The first-order chi connectivity index (χ1) is 10.1. The van der Waals surface area contributed by atoms with Crippen molar-refractivity contribution >= 4 is 5.97 Å². The second kappa shape index (κ2) is 14.4. The largest absolute Gasteiger partial charge is 0.479 e. The summed E-state index contributed by atoms with van der Waals surface area (Å²) in [6.07, 6.45) is 13.3. The molecule has 0 radical (unpaired) electrons. The van der Waals surface area contributed by atoms with Crippen molar-refractivity contribution in [2.24, 2.45) is 0 Å². The van der Waals surface area contributed by atoms with Gasteiger partial charge in [0.1, 0.15) is 6.04 Å². The second-order valence-electron chi connectivity index (χ2n) is 3.88. The Labute approximate surface area is 129 Å². The molecular weight excluding hydrogens is 262 g/mol. The van der Waals surface area contributed by atoms with Crippen LogP contribution < -0.4 is 5.32 Å². The molecule has 0 aliphatic heterocycles. The Hall–Kier alpha value is -2.03. The Bertz CT molecular complexity index is 415. The van der Waals surface area contributed by atoms with Crippen LogP contribution in [0.2, 0.25) is 0 Å². The number of carboxylic acid groups (broad SMARTS) is 1. The minimum Gasteiger partial charge on any atom is -0.479 e. The monoisotopic (exact) mass is 291 g/mol. The highest BCUT2D eigenvalue weighted by Crippen LogP contribution is 2.11. The Kier molecular flexibility index (Phi) is 14.6. The summed E-state index contributed by atoms with van der Waals surface area (Å²) in [5, 5.41) is 12.4. The molecule has 0 unspecified atom stereocenters. The summed E-state index contributed by atoms with van der Waals surface area (Å²) in [5.41, 5.74) is 1.59. The molecule has 0 aromatic heterocycles. The zero-order valence-corrected chi connectivity index (χ0v) is 13.9. The molecule has 0 fully saturated rings. The van der Waals surface area contributed by atoms with Crippen LogP contribution in [0.4, 0.5) is 0 Å². The number of nitrogens with one attached hydrogen (secondary N) is 1. The van der Waals surface area contributed by atoms with Crippen LogP contribution in [0.25, 0.3) is 0 Å². The van der Waals surface area contributed by atoms with Gasteiger partial charge in [-0.1, -0.05) is 63.8 Å². The van der Waals surface area contributed by atoms with Crippen molar-refractivity contribution in [1.29, 1.82) is 0 Å². The smallest absolute Gasteiger partial charge is 0.330 e. The number of hydrogen-bond donors (Lipinski definition) is 2. The van der Waals surface area contributed by atoms with Gasteiger partial charge in [0.2, 0.25) is 0 Å². The molecule has 0 spiro atoms. The van der Waals surface area contributed by atoms with Crippen LogP contribution in [-0.2, 0) is 4.79 Å². The Balaban J connectivity index is 0. The van der Waals surface area contributed by atoms with Gasteiger partial charge in [0.15, 0.2) is 0 Å². The Morgan fingerprint density at radius 2 is 1.90 bits per heavy atom. The minimum absolute atomic E-state index is 0.677. The fraction of sp³-hybridized carbons (Fsp3) is 0.389.